The van der Waals surface area contributed by atoms with E-state index in [0.717, 1.165) is 18.4 Å². The van der Waals surface area contributed by atoms with Crippen LogP contribution in [0.2, 0.25) is 0 Å². The zero-order valence-corrected chi connectivity index (χ0v) is 10.8. The van der Waals surface area contributed by atoms with E-state index < -0.39 is 5.41 Å². The van der Waals surface area contributed by atoms with Crippen molar-refractivity contribution in [2.45, 2.75) is 39.0 Å². The van der Waals surface area contributed by atoms with Crippen LogP contribution >= 0.6 is 0 Å². The van der Waals surface area contributed by atoms with Gasteiger partial charge >= 0.3 is 5.97 Å². The fraction of sp³-hybridized carbons (Fsp3) is 0.500. The molecule has 3 heteroatoms. The zero-order chi connectivity index (χ0) is 12.9. The molecule has 0 aliphatic carbocycles. The van der Waals surface area contributed by atoms with Crippen molar-refractivity contribution in [1.29, 1.82) is 0 Å². The van der Waals surface area contributed by atoms with Crippen molar-refractivity contribution in [3.63, 3.8) is 0 Å². The molecular formula is C14H21NO2. The van der Waals surface area contributed by atoms with Gasteiger partial charge in [0.15, 0.2) is 0 Å². The Kier molecular flexibility index (Phi) is 4.55. The summed E-state index contributed by atoms with van der Waals surface area (Å²) in [5, 5.41) is 0. The molecule has 0 bridgehead atoms. The second-order valence-electron chi connectivity index (χ2n) is 4.42. The molecule has 1 rings (SSSR count). The first kappa shape index (κ1) is 13.6. The number of hydrogen-bond donors (Lipinski definition) is 1. The molecule has 3 nitrogen and oxygen atoms in total. The highest BCUT2D eigenvalue weighted by molar-refractivity contribution is 5.82. The van der Waals surface area contributed by atoms with Gasteiger partial charge in [-0.3, -0.25) is 4.79 Å². The molecule has 0 amide bonds. The molecule has 0 fully saturated rings. The van der Waals surface area contributed by atoms with Crippen LogP contribution in [0.15, 0.2) is 24.3 Å². The third-order valence-electron chi connectivity index (χ3n) is 3.02. The molecule has 0 spiro atoms. The molecule has 0 heterocycles. The summed E-state index contributed by atoms with van der Waals surface area (Å²) < 4.78 is 5.17. The largest absolute Gasteiger partial charge is 0.465 e. The Hall–Kier alpha value is -1.51. The van der Waals surface area contributed by atoms with Gasteiger partial charge in [0, 0.05) is 5.69 Å². The Morgan fingerprint density at radius 3 is 2.35 bits per heavy atom. The molecule has 1 aromatic carbocycles. The lowest BCUT2D eigenvalue weighted by atomic mass is 9.78. The molecule has 0 saturated heterocycles. The molecule has 0 aliphatic heterocycles. The predicted octanol–water partition coefficient (Wildman–Crippen LogP) is 2.89. The summed E-state index contributed by atoms with van der Waals surface area (Å²) in [5.41, 5.74) is 6.76. The van der Waals surface area contributed by atoms with Crippen molar-refractivity contribution in [3.05, 3.63) is 29.8 Å². The second kappa shape index (κ2) is 5.71. The summed E-state index contributed by atoms with van der Waals surface area (Å²) in [6, 6.07) is 7.45. The standard InChI is InChI=1S/C14H21NO2/c1-4-10-14(3,13(16)17-5-2)11-6-8-12(15)9-7-11/h6-9H,4-5,10,15H2,1-3H3/t14-/m1/s1. The lowest BCUT2D eigenvalue weighted by Gasteiger charge is -2.27. The number of anilines is 1. The van der Waals surface area contributed by atoms with Gasteiger partial charge in [0.05, 0.1) is 12.0 Å². The highest BCUT2D eigenvalue weighted by Gasteiger charge is 2.35. The second-order valence-corrected chi connectivity index (χ2v) is 4.42. The Bertz CT molecular complexity index is 372. The fourth-order valence-electron chi connectivity index (χ4n) is 2.01. The average molecular weight is 235 g/mol. The van der Waals surface area contributed by atoms with Crippen LogP contribution in [0.25, 0.3) is 0 Å². The minimum atomic E-state index is -0.571. The molecule has 0 unspecified atom stereocenters. The van der Waals surface area contributed by atoms with Gasteiger partial charge in [-0.1, -0.05) is 25.5 Å². The lowest BCUT2D eigenvalue weighted by Crippen LogP contribution is -2.34. The SMILES string of the molecule is CCC[C@@](C)(C(=O)OCC)c1ccc(N)cc1. The van der Waals surface area contributed by atoms with Gasteiger partial charge in [-0.05, 0) is 38.0 Å². The summed E-state index contributed by atoms with van der Waals surface area (Å²) in [5.74, 6) is -0.161. The van der Waals surface area contributed by atoms with E-state index in [4.69, 9.17) is 10.5 Å². The van der Waals surface area contributed by atoms with Gasteiger partial charge in [-0.2, -0.15) is 0 Å². The van der Waals surface area contributed by atoms with Gasteiger partial charge in [0.2, 0.25) is 0 Å². The van der Waals surface area contributed by atoms with Crippen LogP contribution in [-0.2, 0) is 14.9 Å². The van der Waals surface area contributed by atoms with Crippen LogP contribution in [-0.4, -0.2) is 12.6 Å². The van der Waals surface area contributed by atoms with Gasteiger partial charge in [-0.25, -0.2) is 0 Å². The number of carbonyl (C=O) groups is 1. The predicted molar refractivity (Wildman–Crippen MR) is 69.7 cm³/mol. The third-order valence-corrected chi connectivity index (χ3v) is 3.02. The van der Waals surface area contributed by atoms with Crippen LogP contribution in [0.4, 0.5) is 5.69 Å². The van der Waals surface area contributed by atoms with Gasteiger partial charge in [-0.15, -0.1) is 0 Å². The first-order chi connectivity index (χ1) is 8.04. The normalized spacial score (nSPS) is 14.1. The van der Waals surface area contributed by atoms with E-state index in [2.05, 4.69) is 6.92 Å². The molecule has 1 aromatic rings. The van der Waals surface area contributed by atoms with Crippen molar-refractivity contribution >= 4 is 11.7 Å². The van der Waals surface area contributed by atoms with Gasteiger partial charge in [0.1, 0.15) is 0 Å². The van der Waals surface area contributed by atoms with E-state index in [0.29, 0.717) is 12.3 Å². The number of esters is 1. The number of carbonyl (C=O) groups excluding carboxylic acids is 1. The van der Waals surface area contributed by atoms with Crippen molar-refractivity contribution in [2.75, 3.05) is 12.3 Å². The maximum absolute atomic E-state index is 12.1. The van der Waals surface area contributed by atoms with Gasteiger partial charge < -0.3 is 10.5 Å². The van der Waals surface area contributed by atoms with Crippen LogP contribution in [0.3, 0.4) is 0 Å². The monoisotopic (exact) mass is 235 g/mol. The van der Waals surface area contributed by atoms with E-state index in [1.165, 1.54) is 0 Å². The summed E-state index contributed by atoms with van der Waals surface area (Å²) >= 11 is 0. The van der Waals surface area contributed by atoms with Crippen molar-refractivity contribution in [3.8, 4) is 0 Å². The van der Waals surface area contributed by atoms with E-state index in [-0.39, 0.29) is 5.97 Å². The summed E-state index contributed by atoms with van der Waals surface area (Å²) in [6.07, 6.45) is 1.70. The van der Waals surface area contributed by atoms with Crippen molar-refractivity contribution in [1.82, 2.24) is 0 Å². The van der Waals surface area contributed by atoms with Crippen molar-refractivity contribution in [2.24, 2.45) is 0 Å². The van der Waals surface area contributed by atoms with Crippen LogP contribution in [0.1, 0.15) is 39.2 Å². The maximum atomic E-state index is 12.1. The minimum absolute atomic E-state index is 0.161. The Morgan fingerprint density at radius 2 is 1.88 bits per heavy atom. The van der Waals surface area contributed by atoms with E-state index in [1.54, 1.807) is 0 Å². The number of benzene rings is 1. The van der Waals surface area contributed by atoms with Crippen LogP contribution in [0, 0.1) is 0 Å². The average Bonchev–Trinajstić information content (AvgIpc) is 2.30. The quantitative estimate of drug-likeness (QED) is 0.630. The number of nitrogens with two attached hydrogens (primary N) is 1. The summed E-state index contributed by atoms with van der Waals surface area (Å²) in [6.45, 7) is 6.23. The minimum Gasteiger partial charge on any atom is -0.465 e. The molecule has 0 aromatic heterocycles. The maximum Gasteiger partial charge on any atom is 0.316 e. The molecule has 0 saturated carbocycles. The molecule has 17 heavy (non-hydrogen) atoms. The third kappa shape index (κ3) is 2.99. The smallest absolute Gasteiger partial charge is 0.316 e. The number of ether oxygens (including phenoxy) is 1. The lowest BCUT2D eigenvalue weighted by molar-refractivity contribution is -0.149. The number of hydrogen-bond acceptors (Lipinski definition) is 3. The van der Waals surface area contributed by atoms with Crippen molar-refractivity contribution < 1.29 is 9.53 Å². The first-order valence-corrected chi connectivity index (χ1v) is 6.07. The van der Waals surface area contributed by atoms with Gasteiger partial charge in [0.25, 0.3) is 0 Å². The Morgan fingerprint density at radius 1 is 1.29 bits per heavy atom. The molecule has 94 valence electrons. The molecule has 1 atom stereocenters. The summed E-state index contributed by atoms with van der Waals surface area (Å²) in [7, 11) is 0. The Balaban J connectivity index is 3.06. The van der Waals surface area contributed by atoms with Crippen LogP contribution < -0.4 is 5.73 Å². The summed E-state index contributed by atoms with van der Waals surface area (Å²) in [4.78, 5) is 12.1. The molecule has 0 aliphatic rings. The molecule has 2 N–H and O–H groups in total. The number of nitrogen functional groups attached to an aromatic ring is 1. The molecule has 0 radical (unpaired) electrons. The first-order valence-electron chi connectivity index (χ1n) is 6.07. The topological polar surface area (TPSA) is 52.3 Å². The fourth-order valence-corrected chi connectivity index (χ4v) is 2.01. The van der Waals surface area contributed by atoms with E-state index in [1.807, 2.05) is 38.1 Å². The highest BCUT2D eigenvalue weighted by Crippen LogP contribution is 2.31. The van der Waals surface area contributed by atoms with E-state index in [9.17, 15) is 4.79 Å². The Labute approximate surface area is 103 Å². The zero-order valence-electron chi connectivity index (χ0n) is 10.8. The highest BCUT2D eigenvalue weighted by atomic mass is 16.5. The van der Waals surface area contributed by atoms with Crippen LogP contribution in [0.5, 0.6) is 0 Å². The van der Waals surface area contributed by atoms with E-state index >= 15 is 0 Å². The molecular weight excluding hydrogens is 214 g/mol. The number of rotatable bonds is 5.